The largest absolute Gasteiger partial charge is 0.462 e. The van der Waals surface area contributed by atoms with Crippen LogP contribution < -0.4 is 5.32 Å². The third-order valence-electron chi connectivity index (χ3n) is 1.96. The molecule has 0 aliphatic carbocycles. The third-order valence-corrected chi connectivity index (χ3v) is 1.96. The minimum atomic E-state index is -0.889. The predicted molar refractivity (Wildman–Crippen MR) is 46.2 cm³/mol. The highest BCUT2D eigenvalue weighted by molar-refractivity contribution is 6.32. The zero-order valence-electron chi connectivity index (χ0n) is 7.91. The average Bonchev–Trinajstić information content (AvgIpc) is 2.40. The van der Waals surface area contributed by atoms with Gasteiger partial charge in [0.2, 0.25) is 5.91 Å². The quantitative estimate of drug-likeness (QED) is 0.382. The van der Waals surface area contributed by atoms with Crippen molar-refractivity contribution in [2.75, 3.05) is 26.7 Å². The molecule has 0 aromatic carbocycles. The molecule has 1 aliphatic rings. The lowest BCUT2D eigenvalue weighted by molar-refractivity contribution is -0.158. The molecule has 6 nitrogen and oxygen atoms in total. The Labute approximate surface area is 81.2 Å². The molecule has 1 heterocycles. The van der Waals surface area contributed by atoms with Crippen molar-refractivity contribution in [2.45, 2.75) is 6.42 Å². The first-order chi connectivity index (χ1) is 6.65. The summed E-state index contributed by atoms with van der Waals surface area (Å²) >= 11 is 0. The van der Waals surface area contributed by atoms with E-state index in [0.29, 0.717) is 13.1 Å². The highest BCUT2D eigenvalue weighted by Crippen LogP contribution is 1.98. The first-order valence-corrected chi connectivity index (χ1v) is 4.29. The number of nitrogens with one attached hydrogen (secondary N) is 1. The van der Waals surface area contributed by atoms with E-state index in [0.717, 1.165) is 7.11 Å². The molecule has 1 rings (SSSR count). The van der Waals surface area contributed by atoms with Gasteiger partial charge < -0.3 is 15.0 Å². The Bertz CT molecular complexity index is 264. The molecule has 78 valence electrons. The molecule has 0 unspecified atom stereocenters. The topological polar surface area (TPSA) is 75.7 Å². The average molecular weight is 200 g/mol. The number of amides is 2. The lowest BCUT2D eigenvalue weighted by Gasteiger charge is -2.17. The highest BCUT2D eigenvalue weighted by atomic mass is 16.5. The van der Waals surface area contributed by atoms with Crippen LogP contribution in [0.2, 0.25) is 0 Å². The maximum atomic E-state index is 11.3. The van der Waals surface area contributed by atoms with E-state index in [9.17, 15) is 14.4 Å². The summed E-state index contributed by atoms with van der Waals surface area (Å²) in [5, 5.41) is 2.60. The van der Waals surface area contributed by atoms with Crippen LogP contribution in [0.15, 0.2) is 0 Å². The van der Waals surface area contributed by atoms with Crippen LogP contribution in [0.5, 0.6) is 0 Å². The monoisotopic (exact) mass is 200 g/mol. The van der Waals surface area contributed by atoms with E-state index in [1.165, 1.54) is 4.90 Å². The van der Waals surface area contributed by atoms with Gasteiger partial charge in [0.25, 0.3) is 0 Å². The Morgan fingerprint density at radius 2 is 2.14 bits per heavy atom. The molecule has 0 spiro atoms. The Morgan fingerprint density at radius 1 is 1.43 bits per heavy atom. The molecule has 2 amide bonds. The van der Waals surface area contributed by atoms with Crippen LogP contribution in [0.3, 0.4) is 0 Å². The number of ether oxygens (including phenoxy) is 1. The van der Waals surface area contributed by atoms with E-state index in [1.807, 2.05) is 0 Å². The van der Waals surface area contributed by atoms with E-state index in [4.69, 9.17) is 0 Å². The smallest absolute Gasteiger partial charge is 0.396 e. The van der Waals surface area contributed by atoms with Gasteiger partial charge in [0.15, 0.2) is 0 Å². The molecular weight excluding hydrogens is 188 g/mol. The number of carbonyl (C=O) groups excluding carboxylic acids is 3. The van der Waals surface area contributed by atoms with Crippen molar-refractivity contribution in [1.82, 2.24) is 10.2 Å². The summed E-state index contributed by atoms with van der Waals surface area (Å²) in [7, 11) is 1.15. The zero-order chi connectivity index (χ0) is 10.6. The number of esters is 1. The van der Waals surface area contributed by atoms with Crippen LogP contribution in [-0.2, 0) is 19.1 Å². The molecule has 14 heavy (non-hydrogen) atoms. The first-order valence-electron chi connectivity index (χ1n) is 4.29. The molecule has 1 saturated heterocycles. The molecular formula is C8H12N2O4. The minimum Gasteiger partial charge on any atom is -0.462 e. The second kappa shape index (κ2) is 4.59. The van der Waals surface area contributed by atoms with Crippen molar-refractivity contribution < 1.29 is 19.1 Å². The summed E-state index contributed by atoms with van der Waals surface area (Å²) in [6.07, 6.45) is 0.225. The SMILES string of the molecule is COC(=O)C(=O)N1CCNC(=O)CC1. The number of carbonyl (C=O) groups is 3. The fourth-order valence-corrected chi connectivity index (χ4v) is 1.19. The second-order valence-electron chi connectivity index (χ2n) is 2.88. The fraction of sp³-hybridized carbons (Fsp3) is 0.625. The van der Waals surface area contributed by atoms with Crippen molar-refractivity contribution in [3.8, 4) is 0 Å². The molecule has 1 N–H and O–H groups in total. The summed E-state index contributed by atoms with van der Waals surface area (Å²) in [6.45, 7) is 0.987. The summed E-state index contributed by atoms with van der Waals surface area (Å²) in [6, 6.07) is 0. The van der Waals surface area contributed by atoms with Crippen molar-refractivity contribution in [3.63, 3.8) is 0 Å². The molecule has 0 bridgehead atoms. The van der Waals surface area contributed by atoms with Crippen LogP contribution >= 0.6 is 0 Å². The number of hydrogen-bond donors (Lipinski definition) is 1. The van der Waals surface area contributed by atoms with Gasteiger partial charge in [0.05, 0.1) is 7.11 Å². The summed E-state index contributed by atoms with van der Waals surface area (Å²) in [4.78, 5) is 34.4. The lowest BCUT2D eigenvalue weighted by Crippen LogP contribution is -2.39. The molecule has 6 heteroatoms. The van der Waals surface area contributed by atoms with Crippen molar-refractivity contribution >= 4 is 17.8 Å². The van der Waals surface area contributed by atoms with Gasteiger partial charge in [-0.1, -0.05) is 0 Å². The van der Waals surface area contributed by atoms with Crippen LogP contribution in [0.25, 0.3) is 0 Å². The Kier molecular flexibility index (Phi) is 3.44. The van der Waals surface area contributed by atoms with Gasteiger partial charge in [-0.05, 0) is 0 Å². The summed E-state index contributed by atoms with van der Waals surface area (Å²) in [5.41, 5.74) is 0. The van der Waals surface area contributed by atoms with Crippen molar-refractivity contribution in [2.24, 2.45) is 0 Å². The standard InChI is InChI=1S/C8H12N2O4/c1-14-8(13)7(12)10-4-2-6(11)9-3-5-10/h2-5H2,1H3,(H,9,11). The van der Waals surface area contributed by atoms with Gasteiger partial charge in [-0.2, -0.15) is 0 Å². The first kappa shape index (κ1) is 10.5. The van der Waals surface area contributed by atoms with E-state index >= 15 is 0 Å². The van der Waals surface area contributed by atoms with E-state index in [1.54, 1.807) is 0 Å². The second-order valence-corrected chi connectivity index (χ2v) is 2.88. The van der Waals surface area contributed by atoms with Gasteiger partial charge in [-0.25, -0.2) is 4.79 Å². The van der Waals surface area contributed by atoms with Crippen LogP contribution in [0.1, 0.15) is 6.42 Å². The van der Waals surface area contributed by atoms with Crippen molar-refractivity contribution in [3.05, 3.63) is 0 Å². The van der Waals surface area contributed by atoms with Gasteiger partial charge in [0.1, 0.15) is 0 Å². The minimum absolute atomic E-state index is 0.106. The predicted octanol–water partition coefficient (Wildman–Crippen LogP) is -1.49. The Hall–Kier alpha value is -1.59. The molecule has 0 radical (unpaired) electrons. The molecule has 0 aromatic rings. The van der Waals surface area contributed by atoms with Gasteiger partial charge in [-0.3, -0.25) is 9.59 Å². The van der Waals surface area contributed by atoms with Crippen LogP contribution in [0, 0.1) is 0 Å². The van der Waals surface area contributed by atoms with Gasteiger partial charge in [-0.15, -0.1) is 0 Å². The van der Waals surface area contributed by atoms with Crippen molar-refractivity contribution in [1.29, 1.82) is 0 Å². The molecule has 1 aliphatic heterocycles. The Morgan fingerprint density at radius 3 is 2.79 bits per heavy atom. The summed E-state index contributed by atoms with van der Waals surface area (Å²) < 4.78 is 4.30. The van der Waals surface area contributed by atoms with Gasteiger partial charge in [0, 0.05) is 26.1 Å². The van der Waals surface area contributed by atoms with E-state index in [-0.39, 0.29) is 18.9 Å². The fourth-order valence-electron chi connectivity index (χ4n) is 1.19. The van der Waals surface area contributed by atoms with E-state index < -0.39 is 11.9 Å². The van der Waals surface area contributed by atoms with Gasteiger partial charge >= 0.3 is 11.9 Å². The molecule has 0 aromatic heterocycles. The number of rotatable bonds is 0. The maximum Gasteiger partial charge on any atom is 0.396 e. The number of hydrogen-bond acceptors (Lipinski definition) is 4. The van der Waals surface area contributed by atoms with Crippen LogP contribution in [-0.4, -0.2) is 49.4 Å². The summed E-state index contributed by atoms with van der Waals surface area (Å²) in [5.74, 6) is -1.69. The third kappa shape index (κ3) is 2.45. The van der Waals surface area contributed by atoms with E-state index in [2.05, 4.69) is 10.1 Å². The Balaban J connectivity index is 2.55. The highest BCUT2D eigenvalue weighted by Gasteiger charge is 2.24. The molecule has 0 atom stereocenters. The lowest BCUT2D eigenvalue weighted by atomic mass is 10.3. The number of nitrogens with zero attached hydrogens (tertiary/aromatic N) is 1. The number of methoxy groups -OCH3 is 1. The normalized spacial score (nSPS) is 16.9. The molecule has 1 fully saturated rings. The molecule has 0 saturated carbocycles. The zero-order valence-corrected chi connectivity index (χ0v) is 7.91. The van der Waals surface area contributed by atoms with Crippen LogP contribution in [0.4, 0.5) is 0 Å². The maximum absolute atomic E-state index is 11.3.